The van der Waals surface area contributed by atoms with Crippen molar-refractivity contribution in [3.05, 3.63) is 54.1 Å². The van der Waals surface area contributed by atoms with E-state index in [1.807, 2.05) is 30.3 Å². The van der Waals surface area contributed by atoms with E-state index >= 15 is 0 Å². The average molecular weight is 785 g/mol. The van der Waals surface area contributed by atoms with Crippen molar-refractivity contribution in [2.45, 2.75) is 90.0 Å². The topological polar surface area (TPSA) is 332 Å². The number of aromatic nitrogens is 2. The molecule has 2 rings (SSSR count). The van der Waals surface area contributed by atoms with Crippen molar-refractivity contribution < 1.29 is 61.2 Å². The SMILES string of the molecule is CC(C)[C@H](N)C(=O)O.CC(C)[C@H](NC(=O)[C@@H](N)Cc1ccccc1)C(=O)O.NCCCC[C@H](NC(=O)[C@H](Cc1c[nH]cn1)NC(=O)CN)C(=O)O.[Cu]. The van der Waals surface area contributed by atoms with Gasteiger partial charge in [-0.05, 0) is 49.6 Å². The van der Waals surface area contributed by atoms with E-state index in [0.29, 0.717) is 31.5 Å². The van der Waals surface area contributed by atoms with Crippen molar-refractivity contribution in [2.24, 2.45) is 34.8 Å². The number of carbonyl (C=O) groups is 6. The number of amides is 3. The van der Waals surface area contributed by atoms with Gasteiger partial charge in [-0.3, -0.25) is 19.2 Å². The third kappa shape index (κ3) is 21.1. The summed E-state index contributed by atoms with van der Waals surface area (Å²) in [7, 11) is 0. The Morgan fingerprint density at radius 1 is 0.769 bits per heavy atom. The number of carboxylic acid groups (broad SMARTS) is 3. The van der Waals surface area contributed by atoms with Crippen LogP contribution < -0.4 is 38.9 Å². The Kier molecular flexibility index (Phi) is 26.1. The number of nitrogens with two attached hydrogens (primary N) is 4. The molecule has 0 saturated carbocycles. The zero-order chi connectivity index (χ0) is 39.1. The number of H-pyrrole nitrogens is 1. The summed E-state index contributed by atoms with van der Waals surface area (Å²) in [6.45, 7) is 7.21. The van der Waals surface area contributed by atoms with Crippen LogP contribution in [-0.4, -0.2) is 104 Å². The number of aliphatic carboxylic acids is 3. The first-order valence-electron chi connectivity index (χ1n) is 16.5. The smallest absolute Gasteiger partial charge is 0.326 e. The molecule has 0 saturated heterocycles. The molecule has 1 aromatic heterocycles. The van der Waals surface area contributed by atoms with Crippen LogP contribution >= 0.6 is 0 Å². The summed E-state index contributed by atoms with van der Waals surface area (Å²) in [6.07, 6.45) is 5.05. The number of unbranched alkanes of at least 4 members (excludes halogenated alkanes) is 1. The number of benzene rings is 1. The fourth-order valence-electron chi connectivity index (χ4n) is 4.12. The van der Waals surface area contributed by atoms with Gasteiger partial charge < -0.3 is 59.2 Å². The van der Waals surface area contributed by atoms with Crippen LogP contribution in [0.15, 0.2) is 42.9 Å². The minimum absolute atomic E-state index is 0. The maximum absolute atomic E-state index is 12.4. The molecule has 15 N–H and O–H groups in total. The van der Waals surface area contributed by atoms with Crippen molar-refractivity contribution in [1.29, 1.82) is 0 Å². The van der Waals surface area contributed by atoms with Crippen molar-refractivity contribution in [2.75, 3.05) is 13.1 Å². The maximum atomic E-state index is 12.4. The largest absolute Gasteiger partial charge is 0.480 e. The van der Waals surface area contributed by atoms with Gasteiger partial charge in [0.05, 0.1) is 24.6 Å². The molecule has 2 aromatic rings. The molecule has 19 heteroatoms. The molecule has 0 spiro atoms. The molecule has 52 heavy (non-hydrogen) atoms. The number of aromatic amines is 1. The Bertz CT molecular complexity index is 1350. The fourth-order valence-corrected chi connectivity index (χ4v) is 4.12. The van der Waals surface area contributed by atoms with Gasteiger partial charge in [0.1, 0.15) is 24.2 Å². The van der Waals surface area contributed by atoms with Gasteiger partial charge in [-0.2, -0.15) is 0 Å². The van der Waals surface area contributed by atoms with Crippen LogP contribution in [0, 0.1) is 11.8 Å². The molecule has 1 radical (unpaired) electrons. The number of hydrogen-bond acceptors (Lipinski definition) is 11. The minimum atomic E-state index is -1.14. The van der Waals surface area contributed by atoms with Crippen molar-refractivity contribution in [3.8, 4) is 0 Å². The normalized spacial score (nSPS) is 13.3. The molecule has 0 aliphatic rings. The van der Waals surface area contributed by atoms with Crippen LogP contribution in [0.5, 0.6) is 0 Å². The summed E-state index contributed by atoms with van der Waals surface area (Å²) in [5.41, 5.74) is 23.1. The molecule has 0 bridgehead atoms. The molecular formula is C33H55CuN9O9. The van der Waals surface area contributed by atoms with Gasteiger partial charge in [-0.15, -0.1) is 0 Å². The molecule has 0 unspecified atom stereocenters. The van der Waals surface area contributed by atoms with E-state index in [-0.39, 0.29) is 48.3 Å². The molecule has 5 atom stereocenters. The van der Waals surface area contributed by atoms with Gasteiger partial charge in [0.15, 0.2) is 0 Å². The van der Waals surface area contributed by atoms with E-state index in [2.05, 4.69) is 25.9 Å². The van der Waals surface area contributed by atoms with E-state index < -0.39 is 65.8 Å². The molecule has 1 heterocycles. The predicted octanol–water partition coefficient (Wildman–Crippen LogP) is -1.07. The summed E-state index contributed by atoms with van der Waals surface area (Å²) in [5.74, 6) is -4.83. The first-order chi connectivity index (χ1) is 23.9. The fraction of sp³-hybridized carbons (Fsp3) is 0.545. The van der Waals surface area contributed by atoms with Crippen molar-refractivity contribution in [3.63, 3.8) is 0 Å². The van der Waals surface area contributed by atoms with E-state index in [9.17, 15) is 33.9 Å². The summed E-state index contributed by atoms with van der Waals surface area (Å²) in [5, 5.41) is 33.8. The van der Waals surface area contributed by atoms with Gasteiger partial charge in [-0.25, -0.2) is 14.6 Å². The number of hydrogen-bond donors (Lipinski definition) is 11. The third-order valence-electron chi connectivity index (χ3n) is 7.24. The van der Waals surface area contributed by atoms with Crippen molar-refractivity contribution in [1.82, 2.24) is 25.9 Å². The Morgan fingerprint density at radius 2 is 1.38 bits per heavy atom. The molecule has 0 fully saturated rings. The van der Waals surface area contributed by atoms with Gasteiger partial charge in [0.25, 0.3) is 0 Å². The summed E-state index contributed by atoms with van der Waals surface area (Å²) >= 11 is 0. The second-order valence-electron chi connectivity index (χ2n) is 12.2. The maximum Gasteiger partial charge on any atom is 0.326 e. The summed E-state index contributed by atoms with van der Waals surface area (Å²) in [4.78, 5) is 74.8. The quantitative estimate of drug-likeness (QED) is 0.0597. The molecule has 0 aliphatic heterocycles. The molecule has 0 aliphatic carbocycles. The standard InChI is InChI=1S/C14H24N6O4.C14H20N2O3.C5H11NO2.Cu/c15-4-2-1-3-10(14(23)24)20-13(22)11(19-12(21)6-16)5-9-7-17-8-18-9;1-9(2)12(14(18)19)16-13(17)11(15)8-10-6-4-3-5-7-10;1-3(2)4(6)5(7)8;/h7-8,10-11H,1-6,15-16H2,(H,17,18)(H,19,21)(H,20,22)(H,23,24);3-7,9,11-12H,8,15H2,1-2H3,(H,16,17)(H,18,19);3-4H,6H2,1-2H3,(H,7,8);/t10-,11-;11-,12-;4-;/m000./s1. The van der Waals surface area contributed by atoms with Gasteiger partial charge in [-0.1, -0.05) is 58.0 Å². The zero-order valence-corrected chi connectivity index (χ0v) is 30.8. The third-order valence-corrected chi connectivity index (χ3v) is 7.24. The van der Waals surface area contributed by atoms with Gasteiger partial charge in [0, 0.05) is 29.7 Å². The number of nitrogens with zero attached hydrogens (tertiary/aromatic N) is 1. The number of rotatable bonds is 19. The molecule has 1 aromatic carbocycles. The zero-order valence-electron chi connectivity index (χ0n) is 29.9. The Morgan fingerprint density at radius 3 is 1.81 bits per heavy atom. The number of carboxylic acids is 3. The first-order valence-corrected chi connectivity index (χ1v) is 16.5. The second kappa shape index (κ2) is 27.3. The average Bonchev–Trinajstić information content (AvgIpc) is 3.59. The first kappa shape index (κ1) is 49.7. The number of carbonyl (C=O) groups excluding carboxylic acids is 3. The van der Waals surface area contributed by atoms with Gasteiger partial charge >= 0.3 is 17.9 Å². The van der Waals surface area contributed by atoms with Crippen molar-refractivity contribution >= 4 is 35.6 Å². The van der Waals surface area contributed by atoms with Crippen LogP contribution in [0.2, 0.25) is 0 Å². The molecule has 3 amide bonds. The van der Waals surface area contributed by atoms with E-state index in [1.165, 1.54) is 6.33 Å². The van der Waals surface area contributed by atoms with Crippen LogP contribution in [0.3, 0.4) is 0 Å². The minimum Gasteiger partial charge on any atom is -0.480 e. The Labute approximate surface area is 314 Å². The Balaban J connectivity index is 0. The van der Waals surface area contributed by atoms with Gasteiger partial charge in [0.2, 0.25) is 17.7 Å². The monoisotopic (exact) mass is 784 g/mol. The van der Waals surface area contributed by atoms with E-state index in [0.717, 1.165) is 5.56 Å². The van der Waals surface area contributed by atoms with Crippen LogP contribution in [-0.2, 0) is 58.7 Å². The van der Waals surface area contributed by atoms with E-state index in [1.54, 1.807) is 33.9 Å². The van der Waals surface area contributed by atoms with Crippen LogP contribution in [0.1, 0.15) is 58.2 Å². The predicted molar refractivity (Wildman–Crippen MR) is 189 cm³/mol. The summed E-state index contributed by atoms with van der Waals surface area (Å²) in [6, 6.07) is 5.01. The second-order valence-corrected chi connectivity index (χ2v) is 12.2. The summed E-state index contributed by atoms with van der Waals surface area (Å²) < 4.78 is 0. The number of imidazole rings is 1. The van der Waals surface area contributed by atoms with E-state index in [4.69, 9.17) is 33.1 Å². The molecule has 297 valence electrons. The number of nitrogens with one attached hydrogen (secondary N) is 4. The Hall–Kier alpha value is -4.39. The molecular weight excluding hydrogens is 730 g/mol. The molecule has 18 nitrogen and oxygen atoms in total. The van der Waals surface area contributed by atoms with Crippen LogP contribution in [0.25, 0.3) is 0 Å². The van der Waals surface area contributed by atoms with Crippen LogP contribution in [0.4, 0.5) is 0 Å².